The van der Waals surface area contributed by atoms with Gasteiger partial charge in [0.1, 0.15) is 12.4 Å². The van der Waals surface area contributed by atoms with Crippen molar-refractivity contribution in [2.75, 3.05) is 17.5 Å². The molecule has 0 amide bonds. The fourth-order valence-corrected chi connectivity index (χ4v) is 5.04. The normalized spacial score (nSPS) is 20.1. The highest BCUT2D eigenvalue weighted by atomic mass is 32.2. The Bertz CT molecular complexity index is 1130. The molecule has 0 bridgehead atoms. The van der Waals surface area contributed by atoms with Crippen LogP contribution < -0.4 is 14.5 Å². The minimum absolute atomic E-state index is 0.0433. The van der Waals surface area contributed by atoms with E-state index in [4.69, 9.17) is 14.0 Å². The van der Waals surface area contributed by atoms with E-state index in [-0.39, 0.29) is 18.8 Å². The van der Waals surface area contributed by atoms with Crippen LogP contribution in [0, 0.1) is 0 Å². The molecule has 2 heterocycles. The summed E-state index contributed by atoms with van der Waals surface area (Å²) in [5.41, 5.74) is -1.40. The molecule has 0 saturated carbocycles. The highest BCUT2D eigenvalue weighted by molar-refractivity contribution is 7.92. The lowest BCUT2D eigenvalue weighted by molar-refractivity contribution is -0.137. The lowest BCUT2D eigenvalue weighted by atomic mass is 9.79. The number of benzene rings is 2. The summed E-state index contributed by atoms with van der Waals surface area (Å²) < 4.78 is 84.8. The average molecular weight is 469 g/mol. The number of hydrogen-bond acceptors (Lipinski definition) is 5. The number of fused-ring (bicyclic) bond motifs is 1. The van der Waals surface area contributed by atoms with Crippen LogP contribution in [0.1, 0.15) is 33.3 Å². The standard InChI is InChI=1S/C21H23BF3NO5S/c1-19(2)20(3,4)31-22(30-19)15-8-9-18-17(13-15)26(10-11-29-18)32(27,28)16-7-5-6-14(12-16)21(23,24)25/h5-9,12-13H,10-11H2,1-4H3. The molecule has 6 nitrogen and oxygen atoms in total. The van der Waals surface area contributed by atoms with Crippen molar-refractivity contribution in [3.05, 3.63) is 48.0 Å². The summed E-state index contributed by atoms with van der Waals surface area (Å²) in [5.74, 6) is 0.312. The van der Waals surface area contributed by atoms with Gasteiger partial charge in [0.2, 0.25) is 0 Å². The lowest BCUT2D eigenvalue weighted by Crippen LogP contribution is -2.41. The van der Waals surface area contributed by atoms with Gasteiger partial charge in [-0.3, -0.25) is 4.31 Å². The molecular weight excluding hydrogens is 446 g/mol. The number of nitrogens with zero attached hydrogens (tertiary/aromatic N) is 1. The number of alkyl halides is 3. The Hall–Kier alpha value is -2.24. The van der Waals surface area contributed by atoms with Crippen molar-refractivity contribution in [1.82, 2.24) is 0 Å². The summed E-state index contributed by atoms with van der Waals surface area (Å²) in [6.07, 6.45) is -4.65. The first-order valence-corrected chi connectivity index (χ1v) is 11.5. The van der Waals surface area contributed by atoms with E-state index in [9.17, 15) is 21.6 Å². The Balaban J connectivity index is 1.73. The monoisotopic (exact) mass is 469 g/mol. The molecule has 1 fully saturated rings. The maximum absolute atomic E-state index is 13.3. The van der Waals surface area contributed by atoms with Crippen molar-refractivity contribution in [2.24, 2.45) is 0 Å². The van der Waals surface area contributed by atoms with Gasteiger partial charge >= 0.3 is 13.3 Å². The van der Waals surface area contributed by atoms with E-state index in [1.165, 1.54) is 0 Å². The molecule has 0 radical (unpaired) electrons. The molecule has 0 unspecified atom stereocenters. The lowest BCUT2D eigenvalue weighted by Gasteiger charge is -2.32. The molecule has 11 heteroatoms. The summed E-state index contributed by atoms with van der Waals surface area (Å²) in [5, 5.41) is 0. The van der Waals surface area contributed by atoms with Crippen molar-refractivity contribution in [1.29, 1.82) is 0 Å². The van der Waals surface area contributed by atoms with E-state index < -0.39 is 45.0 Å². The molecule has 172 valence electrons. The molecule has 0 aromatic heterocycles. The van der Waals surface area contributed by atoms with Crippen LogP contribution >= 0.6 is 0 Å². The van der Waals surface area contributed by atoms with Gasteiger partial charge in [-0.15, -0.1) is 0 Å². The predicted molar refractivity (Wildman–Crippen MR) is 114 cm³/mol. The van der Waals surface area contributed by atoms with Crippen LogP contribution in [-0.4, -0.2) is 39.9 Å². The van der Waals surface area contributed by atoms with Crippen molar-refractivity contribution in [2.45, 2.75) is 50.0 Å². The molecule has 0 N–H and O–H groups in total. The molecule has 0 atom stereocenters. The van der Waals surface area contributed by atoms with Gasteiger partial charge in [0.15, 0.2) is 0 Å². The van der Waals surface area contributed by atoms with Crippen molar-refractivity contribution in [3.8, 4) is 5.75 Å². The molecule has 2 aromatic rings. The zero-order valence-electron chi connectivity index (χ0n) is 18.1. The first kappa shape index (κ1) is 22.9. The maximum Gasteiger partial charge on any atom is 0.494 e. The summed E-state index contributed by atoms with van der Waals surface area (Å²) in [6.45, 7) is 7.63. The fourth-order valence-electron chi connectivity index (χ4n) is 3.55. The SMILES string of the molecule is CC1(C)OB(c2ccc3c(c2)N(S(=O)(=O)c2cccc(C(F)(F)F)c2)CCO3)OC1(C)C. The third-order valence-electron chi connectivity index (χ3n) is 6.08. The van der Waals surface area contributed by atoms with E-state index in [2.05, 4.69) is 0 Å². The van der Waals surface area contributed by atoms with Gasteiger partial charge in [-0.25, -0.2) is 8.42 Å². The molecule has 0 aliphatic carbocycles. The largest absolute Gasteiger partial charge is 0.494 e. The van der Waals surface area contributed by atoms with Gasteiger partial charge in [0.25, 0.3) is 10.0 Å². The minimum Gasteiger partial charge on any atom is -0.489 e. The van der Waals surface area contributed by atoms with Crippen molar-refractivity contribution >= 4 is 28.3 Å². The second-order valence-electron chi connectivity index (χ2n) is 8.77. The smallest absolute Gasteiger partial charge is 0.489 e. The van der Waals surface area contributed by atoms with Crippen LogP contribution in [0.25, 0.3) is 0 Å². The quantitative estimate of drug-likeness (QED) is 0.644. The van der Waals surface area contributed by atoms with Crippen LogP contribution in [0.5, 0.6) is 5.75 Å². The third-order valence-corrected chi connectivity index (χ3v) is 7.89. The van der Waals surface area contributed by atoms with Gasteiger partial charge in [0, 0.05) is 0 Å². The van der Waals surface area contributed by atoms with Crippen LogP contribution in [0.3, 0.4) is 0 Å². The summed E-state index contributed by atoms with van der Waals surface area (Å²) in [6, 6.07) is 8.63. The van der Waals surface area contributed by atoms with E-state index in [1.54, 1.807) is 18.2 Å². The van der Waals surface area contributed by atoms with Crippen LogP contribution in [0.15, 0.2) is 47.4 Å². The molecule has 32 heavy (non-hydrogen) atoms. The maximum atomic E-state index is 13.3. The number of sulfonamides is 1. The minimum atomic E-state index is -4.65. The second-order valence-corrected chi connectivity index (χ2v) is 10.6. The Morgan fingerprint density at radius 3 is 2.28 bits per heavy atom. The molecule has 1 saturated heterocycles. The van der Waals surface area contributed by atoms with Crippen LogP contribution in [0.4, 0.5) is 18.9 Å². The number of ether oxygens (including phenoxy) is 1. The van der Waals surface area contributed by atoms with E-state index in [0.29, 0.717) is 17.3 Å². The van der Waals surface area contributed by atoms with Gasteiger partial charge < -0.3 is 14.0 Å². The zero-order valence-corrected chi connectivity index (χ0v) is 18.9. The number of rotatable bonds is 3. The Labute approximate surface area is 185 Å². The topological polar surface area (TPSA) is 65.1 Å². The summed E-state index contributed by atoms with van der Waals surface area (Å²) in [4.78, 5) is -0.443. The number of halogens is 3. The molecule has 0 spiro atoms. The first-order chi connectivity index (χ1) is 14.7. The van der Waals surface area contributed by atoms with Gasteiger partial charge in [0.05, 0.1) is 33.9 Å². The van der Waals surface area contributed by atoms with Crippen LogP contribution in [0.2, 0.25) is 0 Å². The second kappa shape index (κ2) is 7.39. The van der Waals surface area contributed by atoms with E-state index >= 15 is 0 Å². The van der Waals surface area contributed by atoms with E-state index in [1.807, 2.05) is 27.7 Å². The summed E-state index contributed by atoms with van der Waals surface area (Å²) in [7, 11) is -5.00. The molecule has 4 rings (SSSR count). The van der Waals surface area contributed by atoms with Crippen molar-refractivity contribution in [3.63, 3.8) is 0 Å². The molecule has 2 aliphatic rings. The average Bonchev–Trinajstić information content (AvgIpc) is 2.93. The Morgan fingerprint density at radius 1 is 1.00 bits per heavy atom. The van der Waals surface area contributed by atoms with Gasteiger partial charge in [-0.05, 0) is 63.5 Å². The third kappa shape index (κ3) is 3.86. The zero-order chi connectivity index (χ0) is 23.5. The Kier molecular flexibility index (Phi) is 5.30. The fraction of sp³-hybridized carbons (Fsp3) is 0.429. The Morgan fingerprint density at radius 2 is 1.66 bits per heavy atom. The first-order valence-electron chi connectivity index (χ1n) is 10.0. The molecular formula is C21H23BF3NO5S. The van der Waals surface area contributed by atoms with Crippen molar-refractivity contribution < 1.29 is 35.6 Å². The molecule has 2 aliphatic heterocycles. The van der Waals surface area contributed by atoms with Gasteiger partial charge in [-0.2, -0.15) is 13.2 Å². The number of anilines is 1. The van der Waals surface area contributed by atoms with Gasteiger partial charge in [-0.1, -0.05) is 12.1 Å². The predicted octanol–water partition coefficient (Wildman–Crippen LogP) is 3.59. The summed E-state index contributed by atoms with van der Waals surface area (Å²) >= 11 is 0. The number of hydrogen-bond donors (Lipinski definition) is 0. The van der Waals surface area contributed by atoms with Crippen LogP contribution in [-0.2, 0) is 25.5 Å². The van der Waals surface area contributed by atoms with E-state index in [0.717, 1.165) is 22.5 Å². The molecule has 2 aromatic carbocycles. The highest BCUT2D eigenvalue weighted by Crippen LogP contribution is 2.39. The highest BCUT2D eigenvalue weighted by Gasteiger charge is 2.52.